The standard InChI is InChI=1S/C23H21FN6O/c24-17-7-1-2-8-18(17)29-11-13-30(14-12-29)22-20(25)23(28-15-27-22)31-19-9-3-5-16-6-4-10-26-21(16)19/h1-10,15H,11-14,25H2. The van der Waals surface area contributed by atoms with Crippen LogP contribution in [0.15, 0.2) is 67.1 Å². The Morgan fingerprint density at radius 2 is 1.61 bits per heavy atom. The van der Waals surface area contributed by atoms with Crippen LogP contribution < -0.4 is 20.3 Å². The van der Waals surface area contributed by atoms with Gasteiger partial charge < -0.3 is 20.3 Å². The summed E-state index contributed by atoms with van der Waals surface area (Å²) in [6.07, 6.45) is 3.17. The van der Waals surface area contributed by atoms with E-state index in [2.05, 4.69) is 19.9 Å². The van der Waals surface area contributed by atoms with E-state index in [1.165, 1.54) is 12.4 Å². The van der Waals surface area contributed by atoms with Crippen molar-refractivity contribution in [1.82, 2.24) is 15.0 Å². The Labute approximate surface area is 178 Å². The van der Waals surface area contributed by atoms with E-state index in [-0.39, 0.29) is 5.82 Å². The maximum absolute atomic E-state index is 14.1. The molecule has 0 unspecified atom stereocenters. The number of benzene rings is 2. The van der Waals surface area contributed by atoms with Crippen molar-refractivity contribution in [2.75, 3.05) is 41.7 Å². The smallest absolute Gasteiger partial charge is 0.248 e. The molecule has 5 rings (SSSR count). The van der Waals surface area contributed by atoms with Crippen LogP contribution in [-0.2, 0) is 0 Å². The number of nitrogens with zero attached hydrogens (tertiary/aromatic N) is 5. The van der Waals surface area contributed by atoms with E-state index in [9.17, 15) is 4.39 Å². The molecule has 3 heterocycles. The molecule has 0 atom stereocenters. The number of piperazine rings is 1. The molecule has 8 heteroatoms. The summed E-state index contributed by atoms with van der Waals surface area (Å²) >= 11 is 0. The quantitative estimate of drug-likeness (QED) is 0.541. The normalized spacial score (nSPS) is 14.1. The van der Waals surface area contributed by atoms with E-state index in [4.69, 9.17) is 10.5 Å². The number of hydrogen-bond acceptors (Lipinski definition) is 7. The van der Waals surface area contributed by atoms with Gasteiger partial charge in [-0.05, 0) is 24.3 Å². The predicted molar refractivity (Wildman–Crippen MR) is 119 cm³/mol. The minimum Gasteiger partial charge on any atom is -0.435 e. The molecule has 7 nitrogen and oxygen atoms in total. The Morgan fingerprint density at radius 1 is 0.839 bits per heavy atom. The Morgan fingerprint density at radius 3 is 2.45 bits per heavy atom. The summed E-state index contributed by atoms with van der Waals surface area (Å²) in [4.78, 5) is 17.1. The van der Waals surface area contributed by atoms with Crippen molar-refractivity contribution in [1.29, 1.82) is 0 Å². The number of ether oxygens (including phenoxy) is 1. The lowest BCUT2D eigenvalue weighted by Crippen LogP contribution is -2.47. The molecular weight excluding hydrogens is 395 g/mol. The summed E-state index contributed by atoms with van der Waals surface area (Å²) in [6, 6.07) is 16.4. The molecule has 156 valence electrons. The highest BCUT2D eigenvalue weighted by molar-refractivity contribution is 5.84. The topological polar surface area (TPSA) is 80.4 Å². The molecule has 1 aliphatic rings. The van der Waals surface area contributed by atoms with E-state index >= 15 is 0 Å². The van der Waals surface area contributed by atoms with Crippen LogP contribution in [0.25, 0.3) is 10.9 Å². The molecule has 0 saturated carbocycles. The van der Waals surface area contributed by atoms with E-state index in [1.54, 1.807) is 18.3 Å². The fourth-order valence-corrected chi connectivity index (χ4v) is 3.83. The van der Waals surface area contributed by atoms with Gasteiger partial charge in [-0.25, -0.2) is 9.37 Å². The highest BCUT2D eigenvalue weighted by Gasteiger charge is 2.23. The van der Waals surface area contributed by atoms with Crippen LogP contribution in [0.4, 0.5) is 21.6 Å². The third-order valence-corrected chi connectivity index (χ3v) is 5.40. The fourth-order valence-electron chi connectivity index (χ4n) is 3.83. The molecule has 1 fully saturated rings. The zero-order chi connectivity index (χ0) is 21.2. The molecular formula is C23H21FN6O. The lowest BCUT2D eigenvalue weighted by Gasteiger charge is -2.37. The zero-order valence-electron chi connectivity index (χ0n) is 16.8. The first kappa shape index (κ1) is 19.0. The number of aromatic nitrogens is 3. The Kier molecular flexibility index (Phi) is 4.95. The minimum absolute atomic E-state index is 0.211. The number of halogens is 1. The highest BCUT2D eigenvalue weighted by Crippen LogP contribution is 2.34. The molecule has 1 aliphatic heterocycles. The van der Waals surface area contributed by atoms with Crippen LogP contribution in [-0.4, -0.2) is 41.1 Å². The second-order valence-corrected chi connectivity index (χ2v) is 7.27. The Bertz CT molecular complexity index is 1220. The van der Waals surface area contributed by atoms with Crippen molar-refractivity contribution < 1.29 is 9.13 Å². The molecule has 0 aliphatic carbocycles. The van der Waals surface area contributed by atoms with Crippen molar-refractivity contribution in [2.45, 2.75) is 0 Å². The number of nitrogen functional groups attached to an aromatic ring is 1. The van der Waals surface area contributed by atoms with Crippen molar-refractivity contribution in [3.05, 3.63) is 72.9 Å². The molecule has 2 N–H and O–H groups in total. The van der Waals surface area contributed by atoms with E-state index in [0.717, 1.165) is 10.9 Å². The SMILES string of the molecule is Nc1c(Oc2cccc3cccnc23)ncnc1N1CCN(c2ccccc2F)CC1. The Hall–Kier alpha value is -3.94. The third kappa shape index (κ3) is 3.68. The minimum atomic E-state index is -0.211. The van der Waals surface area contributed by atoms with Crippen LogP contribution in [0, 0.1) is 5.82 Å². The van der Waals surface area contributed by atoms with Crippen molar-refractivity contribution in [3.8, 4) is 11.6 Å². The average Bonchev–Trinajstić information content (AvgIpc) is 2.81. The van der Waals surface area contributed by atoms with Gasteiger partial charge in [-0.2, -0.15) is 4.98 Å². The second kappa shape index (κ2) is 8.06. The summed E-state index contributed by atoms with van der Waals surface area (Å²) in [5.41, 5.74) is 8.12. The summed E-state index contributed by atoms with van der Waals surface area (Å²) in [5, 5.41) is 0.970. The van der Waals surface area contributed by atoms with Crippen molar-refractivity contribution >= 4 is 28.1 Å². The average molecular weight is 416 g/mol. The number of rotatable bonds is 4. The van der Waals surface area contributed by atoms with Crippen LogP contribution >= 0.6 is 0 Å². The molecule has 1 saturated heterocycles. The van der Waals surface area contributed by atoms with Gasteiger partial charge in [-0.15, -0.1) is 0 Å². The molecule has 31 heavy (non-hydrogen) atoms. The van der Waals surface area contributed by atoms with E-state index in [0.29, 0.717) is 55.0 Å². The van der Waals surface area contributed by atoms with Gasteiger partial charge in [0.05, 0.1) is 5.69 Å². The van der Waals surface area contributed by atoms with Crippen LogP contribution in [0.5, 0.6) is 11.6 Å². The number of para-hydroxylation sites is 2. The summed E-state index contributed by atoms with van der Waals surface area (Å²) in [7, 11) is 0. The van der Waals surface area contributed by atoms with Gasteiger partial charge in [-0.3, -0.25) is 4.98 Å². The molecule has 0 amide bonds. The summed E-state index contributed by atoms with van der Waals surface area (Å²) in [6.45, 7) is 2.64. The first-order chi connectivity index (χ1) is 15.2. The summed E-state index contributed by atoms with van der Waals surface area (Å²) in [5.74, 6) is 1.28. The van der Waals surface area contributed by atoms with Crippen LogP contribution in [0.3, 0.4) is 0 Å². The first-order valence-corrected chi connectivity index (χ1v) is 10.1. The maximum Gasteiger partial charge on any atom is 0.248 e. The highest BCUT2D eigenvalue weighted by atomic mass is 19.1. The number of fused-ring (bicyclic) bond motifs is 1. The lowest BCUT2D eigenvalue weighted by atomic mass is 10.2. The predicted octanol–water partition coefficient (Wildman–Crippen LogP) is 3.87. The van der Waals surface area contributed by atoms with Gasteiger partial charge in [-0.1, -0.05) is 30.3 Å². The molecule has 0 spiro atoms. The molecule has 4 aromatic rings. The maximum atomic E-state index is 14.1. The molecule has 0 radical (unpaired) electrons. The van der Waals surface area contributed by atoms with Crippen molar-refractivity contribution in [3.63, 3.8) is 0 Å². The van der Waals surface area contributed by atoms with Gasteiger partial charge in [0.25, 0.3) is 0 Å². The largest absolute Gasteiger partial charge is 0.435 e. The second-order valence-electron chi connectivity index (χ2n) is 7.27. The van der Waals surface area contributed by atoms with Gasteiger partial charge in [0.15, 0.2) is 11.6 Å². The van der Waals surface area contributed by atoms with Crippen LogP contribution in [0.1, 0.15) is 0 Å². The van der Waals surface area contributed by atoms with Gasteiger partial charge in [0.2, 0.25) is 5.88 Å². The number of anilines is 3. The van der Waals surface area contributed by atoms with Crippen LogP contribution in [0.2, 0.25) is 0 Å². The number of hydrogen-bond donors (Lipinski definition) is 1. The summed E-state index contributed by atoms with van der Waals surface area (Å²) < 4.78 is 20.1. The number of nitrogens with two attached hydrogens (primary N) is 1. The Balaban J connectivity index is 1.36. The van der Waals surface area contributed by atoms with Crippen molar-refractivity contribution in [2.24, 2.45) is 0 Å². The van der Waals surface area contributed by atoms with Gasteiger partial charge >= 0.3 is 0 Å². The molecule has 0 bridgehead atoms. The fraction of sp³-hybridized carbons (Fsp3) is 0.174. The third-order valence-electron chi connectivity index (χ3n) is 5.40. The van der Waals surface area contributed by atoms with E-state index < -0.39 is 0 Å². The van der Waals surface area contributed by atoms with E-state index in [1.807, 2.05) is 41.3 Å². The molecule has 2 aromatic heterocycles. The van der Waals surface area contributed by atoms with Gasteiger partial charge in [0.1, 0.15) is 23.3 Å². The first-order valence-electron chi connectivity index (χ1n) is 10.1. The lowest BCUT2D eigenvalue weighted by molar-refractivity contribution is 0.468. The van der Waals surface area contributed by atoms with Gasteiger partial charge in [0, 0.05) is 37.8 Å². The zero-order valence-corrected chi connectivity index (χ0v) is 16.8. The monoisotopic (exact) mass is 416 g/mol. The number of pyridine rings is 1. The molecule has 2 aromatic carbocycles.